The van der Waals surface area contributed by atoms with Crippen LogP contribution in [-0.2, 0) is 0 Å². The van der Waals surface area contributed by atoms with Crippen LogP contribution in [-0.4, -0.2) is 51.3 Å². The molecule has 8 heteroatoms. The van der Waals surface area contributed by atoms with Crippen molar-refractivity contribution in [3.05, 3.63) is 66.1 Å². The summed E-state index contributed by atoms with van der Waals surface area (Å²) in [5.41, 5.74) is 2.37. The molecule has 0 spiro atoms. The van der Waals surface area contributed by atoms with Crippen LogP contribution in [0.15, 0.2) is 48.9 Å². The Kier molecular flexibility index (Phi) is 5.56. The van der Waals surface area contributed by atoms with E-state index in [0.717, 1.165) is 36.5 Å². The molecule has 1 aliphatic rings. The molecule has 1 aliphatic heterocycles. The van der Waals surface area contributed by atoms with Gasteiger partial charge in [-0.05, 0) is 42.7 Å². The number of nitrogens with zero attached hydrogens (tertiary/aromatic N) is 5. The zero-order valence-corrected chi connectivity index (χ0v) is 17.0. The molecule has 2 N–H and O–H groups in total. The second-order valence-electron chi connectivity index (χ2n) is 7.46. The van der Waals surface area contributed by atoms with Crippen LogP contribution in [0.1, 0.15) is 30.3 Å². The number of H-pyrrole nitrogens is 1. The monoisotopic (exact) mass is 405 g/mol. The fourth-order valence-electron chi connectivity index (χ4n) is 3.61. The van der Waals surface area contributed by atoms with E-state index in [4.69, 9.17) is 5.41 Å². The number of likely N-dealkylation sites (tertiary alicyclic amines) is 1. The first-order valence-electron chi connectivity index (χ1n) is 9.85. The normalized spacial score (nSPS) is 16.4. The first-order valence-corrected chi connectivity index (χ1v) is 9.85. The van der Waals surface area contributed by atoms with E-state index in [1.807, 2.05) is 30.0 Å². The number of imidazole rings is 1. The summed E-state index contributed by atoms with van der Waals surface area (Å²) in [6.07, 6.45) is 10.5. The highest BCUT2D eigenvalue weighted by molar-refractivity contribution is 5.94. The summed E-state index contributed by atoms with van der Waals surface area (Å²) in [6, 6.07) is 6.67. The minimum Gasteiger partial charge on any atom is -0.361 e. The van der Waals surface area contributed by atoms with Crippen molar-refractivity contribution in [1.29, 1.82) is 5.41 Å². The van der Waals surface area contributed by atoms with Gasteiger partial charge in [0.05, 0.1) is 30.3 Å². The number of hydrogen-bond donors (Lipinski definition) is 2. The average Bonchev–Trinajstić information content (AvgIpc) is 3.42. The number of anilines is 1. The molecule has 0 aliphatic carbocycles. The van der Waals surface area contributed by atoms with Crippen LogP contribution in [0.5, 0.6) is 0 Å². The summed E-state index contributed by atoms with van der Waals surface area (Å²) in [5, 5.41) is 8.48. The SMILES string of the molecule is CN(C)c1cnc(-c2cnc(/C=C\C(=N)N3CCCC3c3cccc(F)c3)[nH]2)cn1. The van der Waals surface area contributed by atoms with Crippen molar-refractivity contribution in [1.82, 2.24) is 24.8 Å². The van der Waals surface area contributed by atoms with Gasteiger partial charge in [-0.15, -0.1) is 0 Å². The number of aromatic amines is 1. The van der Waals surface area contributed by atoms with Gasteiger partial charge in [-0.25, -0.2) is 19.3 Å². The molecule has 1 unspecified atom stereocenters. The lowest BCUT2D eigenvalue weighted by Gasteiger charge is -2.26. The zero-order valence-electron chi connectivity index (χ0n) is 17.0. The summed E-state index contributed by atoms with van der Waals surface area (Å²) in [4.78, 5) is 20.2. The Morgan fingerprint density at radius 1 is 1.23 bits per heavy atom. The highest BCUT2D eigenvalue weighted by Gasteiger charge is 2.27. The second-order valence-corrected chi connectivity index (χ2v) is 7.46. The second kappa shape index (κ2) is 8.44. The Bertz CT molecular complexity index is 1060. The van der Waals surface area contributed by atoms with Gasteiger partial charge in [0.2, 0.25) is 0 Å². The fourth-order valence-corrected chi connectivity index (χ4v) is 3.61. The molecule has 3 heterocycles. The number of nitrogens with one attached hydrogen (secondary N) is 2. The quantitative estimate of drug-likeness (QED) is 0.497. The summed E-state index contributed by atoms with van der Waals surface area (Å²) in [5.74, 6) is 1.56. The Hall–Kier alpha value is -3.55. The Morgan fingerprint density at radius 3 is 2.83 bits per heavy atom. The third-order valence-electron chi connectivity index (χ3n) is 5.16. The predicted molar refractivity (Wildman–Crippen MR) is 116 cm³/mol. The van der Waals surface area contributed by atoms with Gasteiger partial charge in [0, 0.05) is 20.6 Å². The largest absolute Gasteiger partial charge is 0.361 e. The van der Waals surface area contributed by atoms with Gasteiger partial charge in [-0.2, -0.15) is 0 Å². The molecule has 0 radical (unpaired) electrons. The molecular formula is C22H24FN7. The minimum atomic E-state index is -0.244. The molecule has 3 aromatic rings. The van der Waals surface area contributed by atoms with E-state index in [-0.39, 0.29) is 11.9 Å². The number of hydrogen-bond acceptors (Lipinski definition) is 5. The summed E-state index contributed by atoms with van der Waals surface area (Å²) >= 11 is 0. The maximum absolute atomic E-state index is 13.6. The van der Waals surface area contributed by atoms with Crippen molar-refractivity contribution in [2.24, 2.45) is 0 Å². The Labute approximate surface area is 174 Å². The minimum absolute atomic E-state index is 0.0236. The highest BCUT2D eigenvalue weighted by atomic mass is 19.1. The molecule has 30 heavy (non-hydrogen) atoms. The van der Waals surface area contributed by atoms with E-state index in [9.17, 15) is 4.39 Å². The number of aromatic nitrogens is 4. The van der Waals surface area contributed by atoms with Crippen LogP contribution < -0.4 is 4.90 Å². The first kappa shape index (κ1) is 19.8. The van der Waals surface area contributed by atoms with E-state index in [0.29, 0.717) is 17.4 Å². The number of amidine groups is 1. The van der Waals surface area contributed by atoms with Crippen molar-refractivity contribution in [2.45, 2.75) is 18.9 Å². The molecule has 2 aromatic heterocycles. The molecule has 1 atom stereocenters. The van der Waals surface area contributed by atoms with Gasteiger partial charge in [-0.1, -0.05) is 12.1 Å². The molecule has 1 saturated heterocycles. The van der Waals surface area contributed by atoms with Crippen molar-refractivity contribution in [2.75, 3.05) is 25.5 Å². The van der Waals surface area contributed by atoms with E-state index in [2.05, 4.69) is 19.9 Å². The van der Waals surface area contributed by atoms with Crippen LogP contribution in [0.3, 0.4) is 0 Å². The van der Waals surface area contributed by atoms with Crippen molar-refractivity contribution in [3.63, 3.8) is 0 Å². The maximum atomic E-state index is 13.6. The van der Waals surface area contributed by atoms with Gasteiger partial charge < -0.3 is 14.8 Å². The summed E-state index contributed by atoms with van der Waals surface area (Å²) < 4.78 is 13.6. The standard InChI is InChI=1S/C22H24FN7/c1-29(2)22-14-25-17(12-27-22)18-13-26-21(28-18)9-8-20(24)30-10-4-7-19(30)15-5-3-6-16(23)11-15/h3,5-6,8-9,11-14,19,24H,4,7,10H2,1-2H3,(H,26,28)/b9-8-,24-20?. The highest BCUT2D eigenvalue weighted by Crippen LogP contribution is 2.32. The van der Waals surface area contributed by atoms with E-state index >= 15 is 0 Å². The van der Waals surface area contributed by atoms with E-state index in [1.165, 1.54) is 6.07 Å². The maximum Gasteiger partial charge on any atom is 0.146 e. The zero-order chi connectivity index (χ0) is 21.1. The summed E-state index contributed by atoms with van der Waals surface area (Å²) in [7, 11) is 3.83. The predicted octanol–water partition coefficient (Wildman–Crippen LogP) is 3.90. The van der Waals surface area contributed by atoms with Crippen LogP contribution in [0.4, 0.5) is 10.2 Å². The van der Waals surface area contributed by atoms with Gasteiger partial charge in [0.15, 0.2) is 0 Å². The molecule has 1 fully saturated rings. The van der Waals surface area contributed by atoms with Gasteiger partial charge in [-0.3, -0.25) is 5.41 Å². The molecular weight excluding hydrogens is 381 g/mol. The lowest BCUT2D eigenvalue weighted by atomic mass is 10.0. The third-order valence-corrected chi connectivity index (χ3v) is 5.16. The molecule has 0 amide bonds. The number of halogens is 1. The van der Waals surface area contributed by atoms with Crippen molar-refractivity contribution in [3.8, 4) is 11.4 Å². The average molecular weight is 405 g/mol. The van der Waals surface area contributed by atoms with Gasteiger partial charge in [0.25, 0.3) is 0 Å². The van der Waals surface area contributed by atoms with Gasteiger partial charge >= 0.3 is 0 Å². The molecule has 0 saturated carbocycles. The Morgan fingerprint density at radius 2 is 2.10 bits per heavy atom. The smallest absolute Gasteiger partial charge is 0.146 e. The number of rotatable bonds is 5. The molecule has 0 bridgehead atoms. The first-order chi connectivity index (χ1) is 14.5. The van der Waals surface area contributed by atoms with Crippen LogP contribution in [0, 0.1) is 11.2 Å². The third kappa shape index (κ3) is 4.22. The molecule has 1 aromatic carbocycles. The van der Waals surface area contributed by atoms with Gasteiger partial charge in [0.1, 0.15) is 29.0 Å². The lowest BCUT2D eigenvalue weighted by molar-refractivity contribution is 0.399. The van der Waals surface area contributed by atoms with Crippen LogP contribution >= 0.6 is 0 Å². The molecule has 7 nitrogen and oxygen atoms in total. The number of benzene rings is 1. The Balaban J connectivity index is 1.45. The van der Waals surface area contributed by atoms with Crippen molar-refractivity contribution < 1.29 is 4.39 Å². The van der Waals surface area contributed by atoms with Crippen molar-refractivity contribution >= 4 is 17.7 Å². The topological polar surface area (TPSA) is 84.8 Å². The lowest BCUT2D eigenvalue weighted by Crippen LogP contribution is -2.28. The summed E-state index contributed by atoms with van der Waals surface area (Å²) in [6.45, 7) is 0.779. The van der Waals surface area contributed by atoms with E-state index in [1.54, 1.807) is 42.9 Å². The fraction of sp³-hybridized carbons (Fsp3) is 0.273. The molecule has 4 rings (SSSR count). The van der Waals surface area contributed by atoms with Crippen LogP contribution in [0.2, 0.25) is 0 Å². The van der Waals surface area contributed by atoms with Crippen LogP contribution in [0.25, 0.3) is 17.5 Å². The van der Waals surface area contributed by atoms with E-state index < -0.39 is 0 Å². The molecule has 154 valence electrons.